The van der Waals surface area contributed by atoms with Crippen LogP contribution in [-0.4, -0.2) is 40.0 Å². The maximum atomic E-state index is 10.7. The van der Waals surface area contributed by atoms with E-state index in [1.54, 1.807) is 0 Å². The number of aromatic nitrogens is 1. The van der Waals surface area contributed by atoms with Gasteiger partial charge in [-0.25, -0.2) is 0 Å². The van der Waals surface area contributed by atoms with Crippen molar-refractivity contribution < 1.29 is 9.66 Å². The molecule has 1 aromatic heterocycles. The van der Waals surface area contributed by atoms with Crippen molar-refractivity contribution in [2.24, 2.45) is 0 Å². The average molecular weight is 282 g/mol. The fraction of sp³-hybridized carbons (Fsp3) is 0.615. The lowest BCUT2D eigenvalue weighted by Crippen LogP contribution is -2.39. The molecule has 7 heteroatoms. The normalized spacial score (nSPS) is 11.3. The van der Waals surface area contributed by atoms with Crippen molar-refractivity contribution in [3.63, 3.8) is 0 Å². The first-order chi connectivity index (χ1) is 9.31. The minimum absolute atomic E-state index is 0.0822. The van der Waals surface area contributed by atoms with E-state index in [9.17, 15) is 10.1 Å². The van der Waals surface area contributed by atoms with Crippen LogP contribution in [0.2, 0.25) is 0 Å². The molecule has 1 rings (SSSR count). The Balaban J connectivity index is 2.64. The summed E-state index contributed by atoms with van der Waals surface area (Å²) in [4.78, 5) is 16.4. The first-order valence-electron chi connectivity index (χ1n) is 6.61. The maximum absolute atomic E-state index is 10.7. The number of hydrogen-bond acceptors (Lipinski definition) is 6. The molecular weight excluding hydrogens is 260 g/mol. The standard InChI is InChI=1S/C13H22N4O3/c1-9(2)16(10(3)4)5-6-20-13-8-11(17(18)19)7-12(14)15-13/h7-10H,5-6H2,1-4H3,(H2,14,15). The van der Waals surface area contributed by atoms with Gasteiger partial charge < -0.3 is 10.5 Å². The van der Waals surface area contributed by atoms with Crippen molar-refractivity contribution in [3.05, 3.63) is 22.2 Å². The number of nitrogens with two attached hydrogens (primary N) is 1. The van der Waals surface area contributed by atoms with Gasteiger partial charge in [0.2, 0.25) is 5.88 Å². The van der Waals surface area contributed by atoms with E-state index in [1.165, 1.54) is 12.1 Å². The summed E-state index contributed by atoms with van der Waals surface area (Å²) in [6.07, 6.45) is 0. The molecule has 0 aromatic carbocycles. The van der Waals surface area contributed by atoms with Gasteiger partial charge in [-0.2, -0.15) is 4.98 Å². The third kappa shape index (κ3) is 4.65. The lowest BCUT2D eigenvalue weighted by Gasteiger charge is -2.30. The lowest BCUT2D eigenvalue weighted by atomic mass is 10.2. The van der Waals surface area contributed by atoms with Crippen LogP contribution in [0.4, 0.5) is 11.5 Å². The van der Waals surface area contributed by atoms with Crippen LogP contribution in [0.3, 0.4) is 0 Å². The van der Waals surface area contributed by atoms with Crippen LogP contribution < -0.4 is 10.5 Å². The molecule has 0 aliphatic rings. The molecule has 0 aliphatic heterocycles. The third-order valence-corrected chi connectivity index (χ3v) is 2.94. The fourth-order valence-corrected chi connectivity index (χ4v) is 2.06. The zero-order valence-electron chi connectivity index (χ0n) is 12.4. The molecule has 1 aromatic rings. The number of anilines is 1. The summed E-state index contributed by atoms with van der Waals surface area (Å²) in [5.74, 6) is 0.267. The van der Waals surface area contributed by atoms with E-state index >= 15 is 0 Å². The quantitative estimate of drug-likeness (QED) is 0.607. The molecular formula is C13H22N4O3. The van der Waals surface area contributed by atoms with Crippen LogP contribution in [0, 0.1) is 10.1 Å². The van der Waals surface area contributed by atoms with Gasteiger partial charge in [-0.05, 0) is 27.7 Å². The van der Waals surface area contributed by atoms with Gasteiger partial charge in [-0.3, -0.25) is 15.0 Å². The number of nitrogens with zero attached hydrogens (tertiary/aromatic N) is 3. The molecule has 0 spiro atoms. The van der Waals surface area contributed by atoms with Crippen LogP contribution in [0.1, 0.15) is 27.7 Å². The predicted octanol–water partition coefficient (Wildman–Crippen LogP) is 2.07. The van der Waals surface area contributed by atoms with E-state index in [1.807, 2.05) is 0 Å². The molecule has 0 aliphatic carbocycles. The van der Waals surface area contributed by atoms with Gasteiger partial charge in [0.25, 0.3) is 5.69 Å². The van der Waals surface area contributed by atoms with Gasteiger partial charge in [0.15, 0.2) is 0 Å². The second kappa shape index (κ2) is 7.04. The van der Waals surface area contributed by atoms with Crippen molar-refractivity contribution in [3.8, 4) is 5.88 Å². The highest BCUT2D eigenvalue weighted by atomic mass is 16.6. The summed E-state index contributed by atoms with van der Waals surface area (Å²) in [5.41, 5.74) is 5.41. The maximum Gasteiger partial charge on any atom is 0.278 e. The first-order valence-corrected chi connectivity index (χ1v) is 6.61. The molecule has 112 valence electrons. The van der Waals surface area contributed by atoms with Gasteiger partial charge in [-0.15, -0.1) is 0 Å². The number of rotatable bonds is 7. The molecule has 2 N–H and O–H groups in total. The van der Waals surface area contributed by atoms with Crippen LogP contribution in [0.15, 0.2) is 12.1 Å². The number of pyridine rings is 1. The van der Waals surface area contributed by atoms with E-state index in [4.69, 9.17) is 10.5 Å². The van der Waals surface area contributed by atoms with Crippen molar-refractivity contribution in [2.45, 2.75) is 39.8 Å². The number of ether oxygens (including phenoxy) is 1. The van der Waals surface area contributed by atoms with Crippen molar-refractivity contribution in [2.75, 3.05) is 18.9 Å². The van der Waals surface area contributed by atoms with E-state index in [2.05, 4.69) is 37.6 Å². The molecule has 7 nitrogen and oxygen atoms in total. The molecule has 0 saturated carbocycles. The summed E-state index contributed by atoms with van der Waals surface area (Å²) >= 11 is 0. The zero-order valence-corrected chi connectivity index (χ0v) is 12.4. The largest absolute Gasteiger partial charge is 0.476 e. The van der Waals surface area contributed by atoms with Gasteiger partial charge in [0, 0.05) is 18.6 Å². The monoisotopic (exact) mass is 282 g/mol. The Bertz CT molecular complexity index is 455. The Morgan fingerprint density at radius 2 is 1.95 bits per heavy atom. The average Bonchev–Trinajstić information content (AvgIpc) is 2.32. The second-order valence-electron chi connectivity index (χ2n) is 5.12. The lowest BCUT2D eigenvalue weighted by molar-refractivity contribution is -0.384. The van der Waals surface area contributed by atoms with E-state index in [0.29, 0.717) is 18.7 Å². The van der Waals surface area contributed by atoms with E-state index < -0.39 is 4.92 Å². The molecule has 0 atom stereocenters. The summed E-state index contributed by atoms with van der Waals surface area (Å²) in [5, 5.41) is 10.7. The minimum atomic E-state index is -0.514. The van der Waals surface area contributed by atoms with Gasteiger partial charge in [0.05, 0.1) is 17.1 Å². The van der Waals surface area contributed by atoms with E-state index in [-0.39, 0.29) is 17.4 Å². The number of nitrogen functional groups attached to an aromatic ring is 1. The van der Waals surface area contributed by atoms with Crippen LogP contribution in [0.5, 0.6) is 5.88 Å². The fourth-order valence-electron chi connectivity index (χ4n) is 2.06. The second-order valence-corrected chi connectivity index (χ2v) is 5.12. The topological polar surface area (TPSA) is 94.5 Å². The zero-order chi connectivity index (χ0) is 15.3. The summed E-state index contributed by atoms with van der Waals surface area (Å²) < 4.78 is 5.47. The van der Waals surface area contributed by atoms with Gasteiger partial charge in [-0.1, -0.05) is 0 Å². The highest BCUT2D eigenvalue weighted by Crippen LogP contribution is 2.20. The third-order valence-electron chi connectivity index (χ3n) is 2.94. The van der Waals surface area contributed by atoms with Gasteiger partial charge in [0.1, 0.15) is 12.4 Å². The van der Waals surface area contributed by atoms with Crippen molar-refractivity contribution in [1.82, 2.24) is 9.88 Å². The van der Waals surface area contributed by atoms with Gasteiger partial charge >= 0.3 is 0 Å². The van der Waals surface area contributed by atoms with Crippen molar-refractivity contribution >= 4 is 11.5 Å². The molecule has 0 radical (unpaired) electrons. The summed E-state index contributed by atoms with van der Waals surface area (Å²) in [6.45, 7) is 9.59. The van der Waals surface area contributed by atoms with Crippen LogP contribution >= 0.6 is 0 Å². The molecule has 0 amide bonds. The SMILES string of the molecule is CC(C)N(CCOc1cc([N+](=O)[O-])cc(N)n1)C(C)C. The molecule has 1 heterocycles. The van der Waals surface area contributed by atoms with Crippen LogP contribution in [0.25, 0.3) is 0 Å². The summed E-state index contributed by atoms with van der Waals surface area (Å²) in [6, 6.07) is 3.30. The Morgan fingerprint density at radius 1 is 1.35 bits per heavy atom. The molecule has 0 saturated heterocycles. The highest BCUT2D eigenvalue weighted by molar-refractivity contribution is 5.45. The van der Waals surface area contributed by atoms with Crippen LogP contribution in [-0.2, 0) is 0 Å². The molecule has 0 unspecified atom stereocenters. The summed E-state index contributed by atoms with van der Waals surface area (Å²) in [7, 11) is 0. The Morgan fingerprint density at radius 3 is 2.45 bits per heavy atom. The highest BCUT2D eigenvalue weighted by Gasteiger charge is 2.14. The van der Waals surface area contributed by atoms with Crippen molar-refractivity contribution in [1.29, 1.82) is 0 Å². The predicted molar refractivity (Wildman–Crippen MR) is 77.8 cm³/mol. The molecule has 0 bridgehead atoms. The number of hydrogen-bond donors (Lipinski definition) is 1. The Hall–Kier alpha value is -1.89. The minimum Gasteiger partial charge on any atom is -0.476 e. The first kappa shape index (κ1) is 16.2. The Labute approximate surface area is 118 Å². The number of nitro groups is 1. The molecule has 0 fully saturated rings. The van der Waals surface area contributed by atoms with E-state index in [0.717, 1.165) is 6.54 Å². The molecule has 20 heavy (non-hydrogen) atoms. The Kier molecular flexibility index (Phi) is 5.69. The smallest absolute Gasteiger partial charge is 0.278 e.